The van der Waals surface area contributed by atoms with Gasteiger partial charge in [-0.3, -0.25) is 14.9 Å². The molecule has 2 aromatic rings. The first-order chi connectivity index (χ1) is 11.5. The van der Waals surface area contributed by atoms with Gasteiger partial charge in [0.2, 0.25) is 0 Å². The number of barbiturate groups is 1. The van der Waals surface area contributed by atoms with E-state index in [4.69, 9.17) is 11.6 Å². The van der Waals surface area contributed by atoms with Crippen LogP contribution < -0.4 is 10.2 Å². The van der Waals surface area contributed by atoms with E-state index < -0.39 is 17.8 Å². The zero-order valence-electron chi connectivity index (χ0n) is 12.1. The van der Waals surface area contributed by atoms with Gasteiger partial charge in [-0.2, -0.15) is 0 Å². The molecule has 120 valence electrons. The highest BCUT2D eigenvalue weighted by Gasteiger charge is 2.36. The molecular formula is C17H10BrClN2O3. The lowest BCUT2D eigenvalue weighted by molar-refractivity contribution is -0.122. The van der Waals surface area contributed by atoms with Crippen molar-refractivity contribution in [2.24, 2.45) is 0 Å². The minimum absolute atomic E-state index is 0.161. The van der Waals surface area contributed by atoms with Crippen molar-refractivity contribution in [3.63, 3.8) is 0 Å². The molecule has 0 aromatic heterocycles. The minimum Gasteiger partial charge on any atom is -0.273 e. The predicted molar refractivity (Wildman–Crippen MR) is 94.6 cm³/mol. The fourth-order valence-corrected chi connectivity index (χ4v) is 2.68. The van der Waals surface area contributed by atoms with Crippen LogP contribution in [0.5, 0.6) is 0 Å². The number of nitrogens with one attached hydrogen (secondary N) is 1. The van der Waals surface area contributed by atoms with Crippen molar-refractivity contribution in [2.75, 3.05) is 4.90 Å². The number of amides is 4. The maximum Gasteiger partial charge on any atom is 0.335 e. The van der Waals surface area contributed by atoms with Gasteiger partial charge in [0.1, 0.15) is 5.57 Å². The first-order valence-electron chi connectivity index (χ1n) is 6.89. The SMILES string of the molecule is O=C1NC(=O)N(c2ccc(Br)cc2)C(=O)/C1=C/c1ccccc1Cl. The topological polar surface area (TPSA) is 66.5 Å². The van der Waals surface area contributed by atoms with Crippen molar-refractivity contribution in [3.8, 4) is 0 Å². The van der Waals surface area contributed by atoms with E-state index in [1.165, 1.54) is 6.08 Å². The van der Waals surface area contributed by atoms with E-state index in [1.54, 1.807) is 48.5 Å². The van der Waals surface area contributed by atoms with Gasteiger partial charge in [-0.1, -0.05) is 45.7 Å². The number of hydrogen-bond acceptors (Lipinski definition) is 3. The van der Waals surface area contributed by atoms with Crippen molar-refractivity contribution in [1.82, 2.24) is 5.32 Å². The molecule has 0 bridgehead atoms. The molecule has 0 spiro atoms. The fourth-order valence-electron chi connectivity index (χ4n) is 2.23. The molecule has 1 fully saturated rings. The van der Waals surface area contributed by atoms with Gasteiger partial charge in [-0.05, 0) is 42.0 Å². The molecule has 0 unspecified atom stereocenters. The van der Waals surface area contributed by atoms with Crippen LogP contribution in [0, 0.1) is 0 Å². The van der Waals surface area contributed by atoms with Crippen LogP contribution in [0.2, 0.25) is 5.02 Å². The van der Waals surface area contributed by atoms with E-state index in [1.807, 2.05) is 0 Å². The highest BCUT2D eigenvalue weighted by Crippen LogP contribution is 2.25. The summed E-state index contributed by atoms with van der Waals surface area (Å²) in [7, 11) is 0. The molecule has 1 aliphatic rings. The second-order valence-electron chi connectivity index (χ2n) is 4.96. The van der Waals surface area contributed by atoms with Crippen molar-refractivity contribution < 1.29 is 14.4 Å². The van der Waals surface area contributed by atoms with Gasteiger partial charge in [-0.25, -0.2) is 9.69 Å². The quantitative estimate of drug-likeness (QED) is 0.611. The van der Waals surface area contributed by atoms with E-state index in [2.05, 4.69) is 21.2 Å². The van der Waals surface area contributed by atoms with Gasteiger partial charge in [0, 0.05) is 9.50 Å². The molecule has 1 aliphatic heterocycles. The Balaban J connectivity index is 2.03. The van der Waals surface area contributed by atoms with Gasteiger partial charge in [-0.15, -0.1) is 0 Å². The summed E-state index contributed by atoms with van der Waals surface area (Å²) in [6, 6.07) is 12.6. The number of rotatable bonds is 2. The first-order valence-corrected chi connectivity index (χ1v) is 8.06. The van der Waals surface area contributed by atoms with Gasteiger partial charge in [0.25, 0.3) is 11.8 Å². The average molecular weight is 406 g/mol. The Kier molecular flexibility index (Phi) is 4.51. The lowest BCUT2D eigenvalue weighted by atomic mass is 10.1. The number of anilines is 1. The Hall–Kier alpha value is -2.44. The molecule has 24 heavy (non-hydrogen) atoms. The predicted octanol–water partition coefficient (Wildman–Crippen LogP) is 3.77. The number of carbonyl (C=O) groups excluding carboxylic acids is 3. The van der Waals surface area contributed by atoms with Crippen molar-refractivity contribution >= 4 is 57.1 Å². The number of halogens is 2. The van der Waals surface area contributed by atoms with Crippen LogP contribution in [0.15, 0.2) is 58.6 Å². The zero-order chi connectivity index (χ0) is 17.3. The number of nitrogens with zero attached hydrogens (tertiary/aromatic N) is 1. The van der Waals surface area contributed by atoms with Crippen molar-refractivity contribution in [1.29, 1.82) is 0 Å². The standard InChI is InChI=1S/C17H10BrClN2O3/c18-11-5-7-12(8-6-11)21-16(23)13(15(22)20-17(21)24)9-10-3-1-2-4-14(10)19/h1-9H,(H,20,22,24)/b13-9+. The molecule has 2 aromatic carbocycles. The molecule has 4 amide bonds. The van der Waals surface area contributed by atoms with Crippen LogP contribution in [-0.4, -0.2) is 17.8 Å². The lowest BCUT2D eigenvalue weighted by Crippen LogP contribution is -2.54. The third-order valence-electron chi connectivity index (χ3n) is 3.39. The minimum atomic E-state index is -0.788. The average Bonchev–Trinajstić information content (AvgIpc) is 2.54. The Bertz CT molecular complexity index is 878. The molecular weight excluding hydrogens is 396 g/mol. The molecule has 1 N–H and O–H groups in total. The van der Waals surface area contributed by atoms with Gasteiger partial charge in [0.15, 0.2) is 0 Å². The van der Waals surface area contributed by atoms with Crippen molar-refractivity contribution in [2.45, 2.75) is 0 Å². The molecule has 1 heterocycles. The number of urea groups is 1. The summed E-state index contributed by atoms with van der Waals surface area (Å²) < 4.78 is 0.805. The second-order valence-corrected chi connectivity index (χ2v) is 6.28. The zero-order valence-corrected chi connectivity index (χ0v) is 14.5. The summed E-state index contributed by atoms with van der Waals surface area (Å²) in [4.78, 5) is 37.7. The molecule has 1 saturated heterocycles. The van der Waals surface area contributed by atoms with Crippen LogP contribution in [-0.2, 0) is 9.59 Å². The lowest BCUT2D eigenvalue weighted by Gasteiger charge is -2.26. The summed E-state index contributed by atoms with van der Waals surface area (Å²) in [6.07, 6.45) is 1.37. The Labute approximate surface area is 151 Å². The highest BCUT2D eigenvalue weighted by atomic mass is 79.9. The van der Waals surface area contributed by atoms with Crippen LogP contribution in [0.25, 0.3) is 6.08 Å². The summed E-state index contributed by atoms with van der Waals surface area (Å²) in [5, 5.41) is 2.57. The molecule has 5 nitrogen and oxygen atoms in total. The highest BCUT2D eigenvalue weighted by molar-refractivity contribution is 9.10. The molecule has 3 rings (SSSR count). The number of hydrogen-bond donors (Lipinski definition) is 1. The van der Waals surface area contributed by atoms with E-state index in [9.17, 15) is 14.4 Å². The van der Waals surface area contributed by atoms with Crippen molar-refractivity contribution in [3.05, 3.63) is 69.2 Å². The second kappa shape index (κ2) is 6.59. The molecule has 0 atom stereocenters. The third kappa shape index (κ3) is 3.11. The van der Waals surface area contributed by atoms with Crippen LogP contribution in [0.1, 0.15) is 5.56 Å². The maximum absolute atomic E-state index is 12.7. The van der Waals surface area contributed by atoms with Crippen LogP contribution in [0.3, 0.4) is 0 Å². The molecule has 7 heteroatoms. The summed E-state index contributed by atoms with van der Waals surface area (Å²) in [5.41, 5.74) is 0.714. The Morgan fingerprint density at radius 3 is 2.33 bits per heavy atom. The number of carbonyl (C=O) groups is 3. The van der Waals surface area contributed by atoms with Gasteiger partial charge in [0.05, 0.1) is 5.69 Å². The normalized spacial score (nSPS) is 16.5. The Morgan fingerprint density at radius 2 is 1.67 bits per heavy atom. The van der Waals surface area contributed by atoms with E-state index in [0.717, 1.165) is 9.37 Å². The van der Waals surface area contributed by atoms with Gasteiger partial charge < -0.3 is 0 Å². The molecule has 0 radical (unpaired) electrons. The largest absolute Gasteiger partial charge is 0.335 e. The third-order valence-corrected chi connectivity index (χ3v) is 4.26. The molecule has 0 saturated carbocycles. The van der Waals surface area contributed by atoms with Crippen LogP contribution >= 0.6 is 27.5 Å². The van der Waals surface area contributed by atoms with E-state index in [0.29, 0.717) is 16.3 Å². The summed E-state index contributed by atoms with van der Waals surface area (Å²) in [5.74, 6) is -1.45. The Morgan fingerprint density at radius 1 is 1.00 bits per heavy atom. The van der Waals surface area contributed by atoms with E-state index in [-0.39, 0.29) is 5.57 Å². The first kappa shape index (κ1) is 16.4. The summed E-state index contributed by atoms with van der Waals surface area (Å²) in [6.45, 7) is 0. The monoisotopic (exact) mass is 404 g/mol. The maximum atomic E-state index is 12.7. The number of benzene rings is 2. The van der Waals surface area contributed by atoms with Gasteiger partial charge >= 0.3 is 6.03 Å². The smallest absolute Gasteiger partial charge is 0.273 e. The fraction of sp³-hybridized carbons (Fsp3) is 0. The van der Waals surface area contributed by atoms with Crippen LogP contribution in [0.4, 0.5) is 10.5 Å². The molecule has 0 aliphatic carbocycles. The van der Waals surface area contributed by atoms with E-state index >= 15 is 0 Å². The summed E-state index contributed by atoms with van der Waals surface area (Å²) >= 11 is 9.35. The number of imide groups is 2.